The molecular formula is C15H21N3O2S. The van der Waals surface area contributed by atoms with Gasteiger partial charge in [-0.05, 0) is 19.9 Å². The predicted octanol–water partition coefficient (Wildman–Crippen LogP) is 2.55. The Morgan fingerprint density at radius 1 is 1.38 bits per heavy atom. The number of nitrogens with one attached hydrogen (secondary N) is 2. The summed E-state index contributed by atoms with van der Waals surface area (Å²) in [6.07, 6.45) is 3.52. The van der Waals surface area contributed by atoms with E-state index in [1.165, 1.54) is 0 Å². The standard InChI is InChI=1S/C15H21N3O2S/c1-12(2)20-10-9-16-14-6-4-3-5-13(14)11-21(19)15-17-7-8-18-15/h3-8,12,16H,9-11H2,1-2H3,(H,17,18). The highest BCUT2D eigenvalue weighted by molar-refractivity contribution is 7.90. The zero-order valence-electron chi connectivity index (χ0n) is 12.3. The minimum Gasteiger partial charge on any atom is -0.609 e. The van der Waals surface area contributed by atoms with Crippen LogP contribution >= 0.6 is 0 Å². The lowest BCUT2D eigenvalue weighted by molar-refractivity contribution is 0.0870. The van der Waals surface area contributed by atoms with Crippen LogP contribution < -0.4 is 5.32 Å². The van der Waals surface area contributed by atoms with Gasteiger partial charge in [-0.2, -0.15) is 4.98 Å². The van der Waals surface area contributed by atoms with E-state index in [0.717, 1.165) is 17.8 Å². The van der Waals surface area contributed by atoms with Gasteiger partial charge >= 0.3 is 5.16 Å². The third-order valence-electron chi connectivity index (χ3n) is 2.86. The Hall–Kier alpha value is -1.50. The molecule has 1 atom stereocenters. The molecule has 6 heteroatoms. The van der Waals surface area contributed by atoms with E-state index in [2.05, 4.69) is 15.3 Å². The van der Waals surface area contributed by atoms with Gasteiger partial charge in [0, 0.05) is 41.4 Å². The van der Waals surface area contributed by atoms with Crippen molar-refractivity contribution in [1.82, 2.24) is 9.97 Å². The molecule has 5 nitrogen and oxygen atoms in total. The SMILES string of the molecule is CC(C)OCCNc1ccccc1C[S+]([O-])c1ncc[nH]1. The molecule has 1 aromatic heterocycles. The molecule has 1 heterocycles. The number of aromatic amines is 1. The average molecular weight is 307 g/mol. The molecule has 2 rings (SSSR count). The van der Waals surface area contributed by atoms with Crippen molar-refractivity contribution in [3.63, 3.8) is 0 Å². The van der Waals surface area contributed by atoms with Crippen LogP contribution in [0.15, 0.2) is 41.8 Å². The van der Waals surface area contributed by atoms with Crippen molar-refractivity contribution in [2.45, 2.75) is 30.9 Å². The number of nitrogens with zero attached hydrogens (tertiary/aromatic N) is 1. The molecule has 0 aliphatic carbocycles. The second-order valence-electron chi connectivity index (χ2n) is 4.89. The first-order chi connectivity index (χ1) is 10.2. The van der Waals surface area contributed by atoms with E-state index >= 15 is 0 Å². The van der Waals surface area contributed by atoms with Gasteiger partial charge in [0.05, 0.1) is 12.7 Å². The Bertz CT molecular complexity index is 531. The summed E-state index contributed by atoms with van der Waals surface area (Å²) in [5.74, 6) is 0.432. The first-order valence-corrected chi connectivity index (χ1v) is 8.30. The van der Waals surface area contributed by atoms with Crippen molar-refractivity contribution in [1.29, 1.82) is 0 Å². The third-order valence-corrected chi connectivity index (χ3v) is 4.09. The van der Waals surface area contributed by atoms with Crippen molar-refractivity contribution in [2.75, 3.05) is 18.5 Å². The number of para-hydroxylation sites is 1. The number of aromatic nitrogens is 2. The Labute approximate surface area is 128 Å². The second-order valence-corrected chi connectivity index (χ2v) is 6.25. The van der Waals surface area contributed by atoms with Crippen LogP contribution in [0.4, 0.5) is 5.69 Å². The molecule has 0 bridgehead atoms. The number of hydrogen-bond acceptors (Lipinski definition) is 4. The van der Waals surface area contributed by atoms with Crippen molar-refractivity contribution < 1.29 is 9.29 Å². The van der Waals surface area contributed by atoms with E-state index in [1.807, 2.05) is 38.1 Å². The molecule has 114 valence electrons. The van der Waals surface area contributed by atoms with Crippen molar-refractivity contribution in [2.24, 2.45) is 0 Å². The molecule has 1 aromatic carbocycles. The Morgan fingerprint density at radius 2 is 2.19 bits per heavy atom. The van der Waals surface area contributed by atoms with E-state index in [9.17, 15) is 4.55 Å². The van der Waals surface area contributed by atoms with Crippen LogP contribution in [0.5, 0.6) is 0 Å². The summed E-state index contributed by atoms with van der Waals surface area (Å²) in [4.78, 5) is 6.93. The van der Waals surface area contributed by atoms with Crippen molar-refractivity contribution in [3.8, 4) is 0 Å². The summed E-state index contributed by atoms with van der Waals surface area (Å²) < 4.78 is 17.7. The van der Waals surface area contributed by atoms with Gasteiger partial charge < -0.3 is 19.6 Å². The zero-order chi connectivity index (χ0) is 15.1. The molecule has 0 saturated heterocycles. The summed E-state index contributed by atoms with van der Waals surface area (Å²) in [6, 6.07) is 7.88. The van der Waals surface area contributed by atoms with Gasteiger partial charge in [0.2, 0.25) is 0 Å². The van der Waals surface area contributed by atoms with Gasteiger partial charge in [0.1, 0.15) is 5.75 Å². The van der Waals surface area contributed by atoms with Gasteiger partial charge in [0.15, 0.2) is 0 Å². The van der Waals surface area contributed by atoms with E-state index in [-0.39, 0.29) is 6.10 Å². The Balaban J connectivity index is 1.93. The maximum absolute atomic E-state index is 12.2. The molecule has 0 fully saturated rings. The lowest BCUT2D eigenvalue weighted by Gasteiger charge is -2.14. The minimum absolute atomic E-state index is 0.230. The summed E-state index contributed by atoms with van der Waals surface area (Å²) in [5, 5.41) is 3.84. The van der Waals surface area contributed by atoms with Crippen LogP contribution in [-0.2, 0) is 21.7 Å². The molecule has 2 N–H and O–H groups in total. The number of benzene rings is 1. The van der Waals surface area contributed by atoms with Crippen LogP contribution in [-0.4, -0.2) is 33.8 Å². The highest BCUT2D eigenvalue weighted by Crippen LogP contribution is 2.20. The van der Waals surface area contributed by atoms with Crippen LogP contribution in [0.2, 0.25) is 0 Å². The fourth-order valence-corrected chi connectivity index (χ4v) is 2.93. The van der Waals surface area contributed by atoms with E-state index < -0.39 is 11.2 Å². The van der Waals surface area contributed by atoms with Gasteiger partial charge in [-0.25, -0.2) is 0 Å². The summed E-state index contributed by atoms with van der Waals surface area (Å²) in [6.45, 7) is 5.40. The topological polar surface area (TPSA) is 73.0 Å². The fraction of sp³-hybridized carbons (Fsp3) is 0.400. The molecule has 0 aliphatic heterocycles. The maximum Gasteiger partial charge on any atom is 0.320 e. The molecule has 0 aliphatic rings. The third kappa shape index (κ3) is 5.08. The number of anilines is 1. The quantitative estimate of drug-likeness (QED) is 0.580. The Kier molecular flexibility index (Phi) is 6.10. The summed E-state index contributed by atoms with van der Waals surface area (Å²) in [5.41, 5.74) is 2.00. The Morgan fingerprint density at radius 3 is 2.90 bits per heavy atom. The van der Waals surface area contributed by atoms with Crippen LogP contribution in [0.1, 0.15) is 19.4 Å². The molecule has 0 spiro atoms. The molecule has 0 saturated carbocycles. The molecule has 2 aromatic rings. The number of rotatable bonds is 8. The molecule has 1 unspecified atom stereocenters. The van der Waals surface area contributed by atoms with Crippen LogP contribution in [0.25, 0.3) is 0 Å². The zero-order valence-corrected chi connectivity index (χ0v) is 13.2. The van der Waals surface area contributed by atoms with Gasteiger partial charge in [-0.1, -0.05) is 18.2 Å². The van der Waals surface area contributed by atoms with Crippen molar-refractivity contribution in [3.05, 3.63) is 42.2 Å². The second kappa shape index (κ2) is 8.07. The smallest absolute Gasteiger partial charge is 0.320 e. The highest BCUT2D eigenvalue weighted by Gasteiger charge is 2.16. The minimum atomic E-state index is -1.17. The number of imidazole rings is 1. The monoisotopic (exact) mass is 307 g/mol. The highest BCUT2D eigenvalue weighted by atomic mass is 32.2. The first kappa shape index (κ1) is 15.9. The van der Waals surface area contributed by atoms with E-state index in [1.54, 1.807) is 12.4 Å². The van der Waals surface area contributed by atoms with Crippen LogP contribution in [0, 0.1) is 0 Å². The molecule has 21 heavy (non-hydrogen) atoms. The van der Waals surface area contributed by atoms with Crippen molar-refractivity contribution >= 4 is 16.9 Å². The van der Waals surface area contributed by atoms with E-state index in [4.69, 9.17) is 4.74 Å². The number of ether oxygens (including phenoxy) is 1. The lowest BCUT2D eigenvalue weighted by atomic mass is 10.2. The molecule has 0 amide bonds. The summed E-state index contributed by atoms with van der Waals surface area (Å²) >= 11 is -1.17. The van der Waals surface area contributed by atoms with Gasteiger partial charge in [0.25, 0.3) is 0 Å². The predicted molar refractivity (Wildman–Crippen MR) is 84.7 cm³/mol. The number of hydrogen-bond donors (Lipinski definition) is 2. The van der Waals surface area contributed by atoms with E-state index in [0.29, 0.717) is 17.5 Å². The largest absolute Gasteiger partial charge is 0.609 e. The lowest BCUT2D eigenvalue weighted by Crippen LogP contribution is -2.15. The van der Waals surface area contributed by atoms with Gasteiger partial charge in [-0.15, -0.1) is 0 Å². The molecular weight excluding hydrogens is 286 g/mol. The fourth-order valence-electron chi connectivity index (χ4n) is 1.88. The average Bonchev–Trinajstić information content (AvgIpc) is 2.99. The summed E-state index contributed by atoms with van der Waals surface area (Å²) in [7, 11) is 0. The number of H-pyrrole nitrogens is 1. The molecule has 0 radical (unpaired) electrons. The first-order valence-electron chi connectivity index (χ1n) is 6.98. The maximum atomic E-state index is 12.2. The normalized spacial score (nSPS) is 12.6. The van der Waals surface area contributed by atoms with Gasteiger partial charge in [-0.3, -0.25) is 0 Å². The van der Waals surface area contributed by atoms with Crippen LogP contribution in [0.3, 0.4) is 0 Å².